The summed E-state index contributed by atoms with van der Waals surface area (Å²) in [5.74, 6) is 0.0874. The molecule has 0 saturated carbocycles. The van der Waals surface area contributed by atoms with E-state index >= 15 is 0 Å². The van der Waals surface area contributed by atoms with E-state index < -0.39 is 6.03 Å². The summed E-state index contributed by atoms with van der Waals surface area (Å²) in [5, 5.41) is 8.80. The van der Waals surface area contributed by atoms with E-state index in [1.165, 1.54) is 11.3 Å². The lowest BCUT2D eigenvalue weighted by Gasteiger charge is -2.23. The van der Waals surface area contributed by atoms with Gasteiger partial charge in [0.2, 0.25) is 11.8 Å². The van der Waals surface area contributed by atoms with Crippen molar-refractivity contribution in [3.05, 3.63) is 24.0 Å². The second-order valence-electron chi connectivity index (χ2n) is 7.50. The van der Waals surface area contributed by atoms with Crippen LogP contribution in [0.3, 0.4) is 0 Å². The molecule has 8 nitrogen and oxygen atoms in total. The predicted octanol–water partition coefficient (Wildman–Crippen LogP) is 3.19. The van der Waals surface area contributed by atoms with Crippen molar-refractivity contribution in [2.45, 2.75) is 40.2 Å². The highest BCUT2D eigenvalue weighted by atomic mass is 32.1. The topological polar surface area (TPSA) is 105 Å². The largest absolute Gasteiger partial charge is 0.481 e. The molecule has 0 aliphatic heterocycles. The minimum Gasteiger partial charge on any atom is -0.481 e. The summed E-state index contributed by atoms with van der Waals surface area (Å²) in [6.45, 7) is 9.62. The Balaban J connectivity index is 1.93. The summed E-state index contributed by atoms with van der Waals surface area (Å²) in [6.07, 6.45) is 1.71. The number of aryl methyl sites for hydroxylation is 1. The van der Waals surface area contributed by atoms with Crippen LogP contribution in [0.1, 0.15) is 33.4 Å². The fourth-order valence-electron chi connectivity index (χ4n) is 2.33. The van der Waals surface area contributed by atoms with Crippen LogP contribution in [-0.2, 0) is 4.79 Å². The lowest BCUT2D eigenvalue weighted by molar-refractivity contribution is -0.125. The Hall–Kier alpha value is -2.68. The number of pyridine rings is 1. The van der Waals surface area contributed by atoms with Crippen LogP contribution >= 0.6 is 11.3 Å². The first-order valence-electron chi connectivity index (χ1n) is 8.94. The second kappa shape index (κ2) is 9.01. The molecule has 0 aliphatic rings. The number of carbonyl (C=O) groups is 2. The Morgan fingerprint density at radius 2 is 2.00 bits per heavy atom. The first kappa shape index (κ1) is 21.6. The zero-order chi connectivity index (χ0) is 20.9. The standard InChI is InChI=1S/C19H27N5O3S/c1-11(16(25)24-19(3,4)5)9-21-17(26)23-18-22-12(2)15(28-18)13-7-8-14(27-6)20-10-13/h7-8,10-11H,9H2,1-6H3,(H,24,25)(H2,21,22,23,26)/t11-/m0/s1. The van der Waals surface area contributed by atoms with Gasteiger partial charge in [0, 0.05) is 29.9 Å². The molecule has 0 bridgehead atoms. The zero-order valence-corrected chi connectivity index (χ0v) is 17.9. The molecule has 28 heavy (non-hydrogen) atoms. The molecule has 0 aromatic carbocycles. The number of nitrogens with one attached hydrogen (secondary N) is 3. The van der Waals surface area contributed by atoms with Crippen LogP contribution in [0.2, 0.25) is 0 Å². The molecule has 0 radical (unpaired) electrons. The van der Waals surface area contributed by atoms with Crippen LogP contribution in [0.5, 0.6) is 5.88 Å². The van der Waals surface area contributed by atoms with E-state index in [1.54, 1.807) is 26.3 Å². The van der Waals surface area contributed by atoms with Gasteiger partial charge in [0.15, 0.2) is 5.13 Å². The van der Waals surface area contributed by atoms with Gasteiger partial charge in [0.05, 0.1) is 23.6 Å². The van der Waals surface area contributed by atoms with Crippen molar-refractivity contribution in [3.63, 3.8) is 0 Å². The number of hydrogen-bond acceptors (Lipinski definition) is 6. The lowest BCUT2D eigenvalue weighted by Crippen LogP contribution is -2.46. The Morgan fingerprint density at radius 3 is 2.57 bits per heavy atom. The molecule has 2 heterocycles. The second-order valence-corrected chi connectivity index (χ2v) is 8.50. The number of urea groups is 1. The van der Waals surface area contributed by atoms with Crippen molar-refractivity contribution in [2.75, 3.05) is 19.0 Å². The zero-order valence-electron chi connectivity index (χ0n) is 17.0. The third-order valence-electron chi connectivity index (χ3n) is 3.74. The van der Waals surface area contributed by atoms with Gasteiger partial charge in [-0.25, -0.2) is 14.8 Å². The molecule has 0 spiro atoms. The number of rotatable bonds is 6. The summed E-state index contributed by atoms with van der Waals surface area (Å²) in [6, 6.07) is 3.27. The average Bonchev–Trinajstić information content (AvgIpc) is 2.98. The fraction of sp³-hybridized carbons (Fsp3) is 0.474. The number of ether oxygens (including phenoxy) is 1. The smallest absolute Gasteiger partial charge is 0.321 e. The van der Waals surface area contributed by atoms with E-state index in [0.717, 1.165) is 16.1 Å². The molecule has 0 unspecified atom stereocenters. The Bertz CT molecular complexity index is 827. The van der Waals surface area contributed by atoms with Gasteiger partial charge >= 0.3 is 6.03 Å². The monoisotopic (exact) mass is 405 g/mol. The molecule has 1 atom stereocenters. The first-order valence-corrected chi connectivity index (χ1v) is 9.75. The van der Waals surface area contributed by atoms with E-state index in [-0.39, 0.29) is 23.9 Å². The number of aromatic nitrogens is 2. The lowest BCUT2D eigenvalue weighted by atomic mass is 10.1. The average molecular weight is 406 g/mol. The van der Waals surface area contributed by atoms with Crippen LogP contribution in [0.4, 0.5) is 9.93 Å². The van der Waals surface area contributed by atoms with Crippen molar-refractivity contribution < 1.29 is 14.3 Å². The van der Waals surface area contributed by atoms with Gasteiger partial charge in [-0.3, -0.25) is 10.1 Å². The molecule has 2 rings (SSSR count). The molecule has 3 amide bonds. The minimum absolute atomic E-state index is 0.104. The van der Waals surface area contributed by atoms with Gasteiger partial charge in [0.1, 0.15) is 0 Å². The van der Waals surface area contributed by atoms with E-state index in [1.807, 2.05) is 33.8 Å². The van der Waals surface area contributed by atoms with Gasteiger partial charge in [0.25, 0.3) is 0 Å². The highest BCUT2D eigenvalue weighted by Crippen LogP contribution is 2.32. The number of thiazole rings is 1. The van der Waals surface area contributed by atoms with Gasteiger partial charge in [-0.2, -0.15) is 0 Å². The van der Waals surface area contributed by atoms with Crippen molar-refractivity contribution in [1.82, 2.24) is 20.6 Å². The highest BCUT2D eigenvalue weighted by Gasteiger charge is 2.20. The Kier molecular flexibility index (Phi) is 6.95. The number of carbonyl (C=O) groups excluding carboxylic acids is 2. The van der Waals surface area contributed by atoms with E-state index in [2.05, 4.69) is 25.9 Å². The number of methoxy groups -OCH3 is 1. The van der Waals surface area contributed by atoms with Crippen LogP contribution in [0.25, 0.3) is 10.4 Å². The van der Waals surface area contributed by atoms with Gasteiger partial charge in [-0.1, -0.05) is 18.3 Å². The van der Waals surface area contributed by atoms with Crippen LogP contribution in [0, 0.1) is 12.8 Å². The van der Waals surface area contributed by atoms with Crippen LogP contribution in [-0.4, -0.2) is 41.1 Å². The fourth-order valence-corrected chi connectivity index (χ4v) is 3.28. The third kappa shape index (κ3) is 6.19. The molecule has 3 N–H and O–H groups in total. The third-order valence-corrected chi connectivity index (χ3v) is 4.86. The van der Waals surface area contributed by atoms with E-state index in [9.17, 15) is 9.59 Å². The number of anilines is 1. The quantitative estimate of drug-likeness (QED) is 0.684. The highest BCUT2D eigenvalue weighted by molar-refractivity contribution is 7.19. The molecule has 152 valence electrons. The molecule has 0 fully saturated rings. The number of nitrogens with zero attached hydrogens (tertiary/aromatic N) is 2. The molecule has 9 heteroatoms. The number of amides is 3. The summed E-state index contributed by atoms with van der Waals surface area (Å²) < 4.78 is 5.07. The molecule has 2 aromatic rings. The molecule has 0 saturated heterocycles. The maximum Gasteiger partial charge on any atom is 0.321 e. The summed E-state index contributed by atoms with van der Waals surface area (Å²) in [5.41, 5.74) is 1.39. The van der Waals surface area contributed by atoms with Gasteiger partial charge in [-0.05, 0) is 33.8 Å². The van der Waals surface area contributed by atoms with Crippen molar-refractivity contribution >= 4 is 28.4 Å². The predicted molar refractivity (Wildman–Crippen MR) is 111 cm³/mol. The number of hydrogen-bond donors (Lipinski definition) is 3. The van der Waals surface area contributed by atoms with Crippen LogP contribution < -0.4 is 20.7 Å². The minimum atomic E-state index is -0.399. The summed E-state index contributed by atoms with van der Waals surface area (Å²) >= 11 is 1.36. The van der Waals surface area contributed by atoms with Crippen molar-refractivity contribution in [1.29, 1.82) is 0 Å². The Morgan fingerprint density at radius 1 is 1.29 bits per heavy atom. The van der Waals surface area contributed by atoms with Crippen molar-refractivity contribution in [2.24, 2.45) is 5.92 Å². The van der Waals surface area contributed by atoms with Gasteiger partial charge in [-0.15, -0.1) is 0 Å². The normalized spacial score (nSPS) is 12.2. The van der Waals surface area contributed by atoms with E-state index in [4.69, 9.17) is 4.74 Å². The SMILES string of the molecule is COc1ccc(-c2sc(NC(=O)NC[C@H](C)C(=O)NC(C)(C)C)nc2C)cn1. The molecular weight excluding hydrogens is 378 g/mol. The summed E-state index contributed by atoms with van der Waals surface area (Å²) in [4.78, 5) is 33.7. The Labute approximate surface area is 169 Å². The summed E-state index contributed by atoms with van der Waals surface area (Å²) in [7, 11) is 1.56. The maximum atomic E-state index is 12.1. The van der Waals surface area contributed by atoms with Crippen LogP contribution in [0.15, 0.2) is 18.3 Å². The van der Waals surface area contributed by atoms with Gasteiger partial charge < -0.3 is 15.4 Å². The molecule has 0 aliphatic carbocycles. The first-order chi connectivity index (χ1) is 13.1. The molecular formula is C19H27N5O3S. The molecule has 2 aromatic heterocycles. The van der Waals surface area contributed by atoms with Crippen molar-refractivity contribution in [3.8, 4) is 16.3 Å². The van der Waals surface area contributed by atoms with E-state index in [0.29, 0.717) is 11.0 Å². The maximum absolute atomic E-state index is 12.1.